The number of rotatable bonds is 5. The molecule has 0 spiro atoms. The monoisotopic (exact) mass is 441 g/mol. The molecule has 7 nitrogen and oxygen atoms in total. The highest BCUT2D eigenvalue weighted by Crippen LogP contribution is 2.43. The van der Waals surface area contributed by atoms with Crippen molar-refractivity contribution >= 4 is 23.3 Å². The van der Waals surface area contributed by atoms with Gasteiger partial charge >= 0.3 is 6.03 Å². The van der Waals surface area contributed by atoms with Gasteiger partial charge in [0.2, 0.25) is 5.75 Å². The average Bonchev–Trinajstić information content (AvgIpc) is 3.26. The van der Waals surface area contributed by atoms with Gasteiger partial charge in [0.1, 0.15) is 0 Å². The first-order chi connectivity index (χ1) is 15.0. The topological polar surface area (TPSA) is 65.0 Å². The van der Waals surface area contributed by atoms with Gasteiger partial charge in [0.15, 0.2) is 11.5 Å². The minimum atomic E-state index is -0.336. The van der Waals surface area contributed by atoms with E-state index in [0.29, 0.717) is 41.0 Å². The van der Waals surface area contributed by atoms with E-state index in [0.717, 1.165) is 11.3 Å². The lowest BCUT2D eigenvalue weighted by Gasteiger charge is -2.37. The van der Waals surface area contributed by atoms with Crippen molar-refractivity contribution in [3.8, 4) is 17.2 Å². The number of anilines is 1. The SMILES string of the molecule is COc1cc([C@@H]2c3cccn3CCN2C(=O)Nc2cccc(Cl)c2)cc(OC)c1OC. The van der Waals surface area contributed by atoms with Gasteiger partial charge in [-0.2, -0.15) is 0 Å². The van der Waals surface area contributed by atoms with E-state index in [1.807, 2.05) is 36.5 Å². The Bertz CT molecular complexity index is 1070. The van der Waals surface area contributed by atoms with Gasteiger partial charge in [0.05, 0.1) is 27.4 Å². The molecule has 0 saturated heterocycles. The van der Waals surface area contributed by atoms with Crippen LogP contribution in [0.15, 0.2) is 54.7 Å². The van der Waals surface area contributed by atoms with E-state index in [4.69, 9.17) is 25.8 Å². The molecule has 0 aliphatic carbocycles. The number of urea groups is 1. The molecule has 0 radical (unpaired) electrons. The highest BCUT2D eigenvalue weighted by atomic mass is 35.5. The number of fused-ring (bicyclic) bond motifs is 1. The van der Waals surface area contributed by atoms with Gasteiger partial charge in [0, 0.05) is 35.7 Å². The molecule has 0 fully saturated rings. The van der Waals surface area contributed by atoms with E-state index in [1.165, 1.54) is 0 Å². The summed E-state index contributed by atoms with van der Waals surface area (Å²) in [5, 5.41) is 3.52. The molecule has 2 heterocycles. The predicted molar refractivity (Wildman–Crippen MR) is 120 cm³/mol. The Morgan fingerprint density at radius 3 is 2.39 bits per heavy atom. The molecule has 2 amide bonds. The normalized spacial score (nSPS) is 15.2. The second-order valence-electron chi connectivity index (χ2n) is 7.12. The lowest BCUT2D eigenvalue weighted by Crippen LogP contribution is -2.44. The van der Waals surface area contributed by atoms with Gasteiger partial charge in [0.25, 0.3) is 0 Å². The molecule has 0 bridgehead atoms. The van der Waals surface area contributed by atoms with Gasteiger partial charge in [-0.25, -0.2) is 4.79 Å². The highest BCUT2D eigenvalue weighted by molar-refractivity contribution is 6.30. The molecular weight excluding hydrogens is 418 g/mol. The van der Waals surface area contributed by atoms with E-state index in [2.05, 4.69) is 9.88 Å². The zero-order valence-corrected chi connectivity index (χ0v) is 18.3. The molecule has 1 N–H and O–H groups in total. The standard InChI is InChI=1S/C23H24ClN3O4/c1-29-19-12-15(13-20(30-2)22(19)31-3)21-18-8-5-9-26(18)10-11-27(21)23(28)25-17-7-4-6-16(24)14-17/h4-9,12-14,21H,10-11H2,1-3H3,(H,25,28)/t21-/m1/s1. The first kappa shape index (κ1) is 20.9. The quantitative estimate of drug-likeness (QED) is 0.617. The second-order valence-corrected chi connectivity index (χ2v) is 7.56. The zero-order valence-electron chi connectivity index (χ0n) is 17.6. The van der Waals surface area contributed by atoms with E-state index >= 15 is 0 Å². The molecule has 0 saturated carbocycles. The Morgan fingerprint density at radius 2 is 1.74 bits per heavy atom. The van der Waals surface area contributed by atoms with Crippen LogP contribution in [-0.2, 0) is 6.54 Å². The summed E-state index contributed by atoms with van der Waals surface area (Å²) in [7, 11) is 4.72. The summed E-state index contributed by atoms with van der Waals surface area (Å²) in [6.45, 7) is 1.24. The Morgan fingerprint density at radius 1 is 1.00 bits per heavy atom. The molecule has 162 valence electrons. The van der Waals surface area contributed by atoms with Crippen LogP contribution in [0.3, 0.4) is 0 Å². The Labute approximate surface area is 186 Å². The third-order valence-electron chi connectivity index (χ3n) is 5.38. The number of carbonyl (C=O) groups excluding carboxylic acids is 1. The molecular formula is C23H24ClN3O4. The molecule has 1 aliphatic rings. The van der Waals surface area contributed by atoms with Crippen molar-refractivity contribution in [2.45, 2.75) is 12.6 Å². The maximum atomic E-state index is 13.3. The van der Waals surface area contributed by atoms with Crippen LogP contribution in [0.5, 0.6) is 17.2 Å². The number of benzene rings is 2. The van der Waals surface area contributed by atoms with E-state index < -0.39 is 0 Å². The van der Waals surface area contributed by atoms with Crippen molar-refractivity contribution in [1.82, 2.24) is 9.47 Å². The van der Waals surface area contributed by atoms with Crippen molar-refractivity contribution < 1.29 is 19.0 Å². The number of nitrogens with one attached hydrogen (secondary N) is 1. The Kier molecular flexibility index (Phi) is 5.95. The molecule has 1 aliphatic heterocycles. The van der Waals surface area contributed by atoms with E-state index in [9.17, 15) is 4.79 Å². The second kappa shape index (κ2) is 8.81. The summed E-state index contributed by atoms with van der Waals surface area (Å²) in [4.78, 5) is 15.1. The van der Waals surface area contributed by atoms with Crippen molar-refractivity contribution in [3.63, 3.8) is 0 Å². The lowest BCUT2D eigenvalue weighted by atomic mass is 9.99. The number of aromatic nitrogens is 1. The van der Waals surface area contributed by atoms with Gasteiger partial charge in [-0.1, -0.05) is 17.7 Å². The fourth-order valence-electron chi connectivity index (χ4n) is 3.97. The predicted octanol–water partition coefficient (Wildman–Crippen LogP) is 4.80. The number of hydrogen-bond donors (Lipinski definition) is 1. The fourth-order valence-corrected chi connectivity index (χ4v) is 4.16. The highest BCUT2D eigenvalue weighted by Gasteiger charge is 2.33. The van der Waals surface area contributed by atoms with Crippen molar-refractivity contribution in [2.24, 2.45) is 0 Å². The molecule has 1 atom stereocenters. The van der Waals surface area contributed by atoms with Gasteiger partial charge in [-0.3, -0.25) is 0 Å². The summed E-state index contributed by atoms with van der Waals surface area (Å²) in [5.74, 6) is 1.58. The van der Waals surface area contributed by atoms with Crippen LogP contribution in [0.25, 0.3) is 0 Å². The summed E-state index contributed by atoms with van der Waals surface area (Å²) >= 11 is 6.08. The molecule has 31 heavy (non-hydrogen) atoms. The van der Waals surface area contributed by atoms with Crippen molar-refractivity contribution in [1.29, 1.82) is 0 Å². The first-order valence-corrected chi connectivity index (χ1v) is 10.2. The number of ether oxygens (including phenoxy) is 3. The van der Waals surface area contributed by atoms with Gasteiger partial charge < -0.3 is 29.0 Å². The molecule has 4 rings (SSSR count). The largest absolute Gasteiger partial charge is 0.493 e. The Hall–Kier alpha value is -3.32. The van der Waals surface area contributed by atoms with E-state index in [1.54, 1.807) is 44.4 Å². The van der Waals surface area contributed by atoms with Crippen LogP contribution in [0, 0.1) is 0 Å². The zero-order chi connectivity index (χ0) is 22.0. The number of amides is 2. The number of methoxy groups -OCH3 is 3. The summed E-state index contributed by atoms with van der Waals surface area (Å²) in [6.07, 6.45) is 2.02. The third kappa shape index (κ3) is 4.01. The maximum absolute atomic E-state index is 13.3. The summed E-state index contributed by atoms with van der Waals surface area (Å²) in [5.41, 5.74) is 2.50. The number of carbonyl (C=O) groups is 1. The first-order valence-electron chi connectivity index (χ1n) is 9.84. The average molecular weight is 442 g/mol. The lowest BCUT2D eigenvalue weighted by molar-refractivity contribution is 0.181. The maximum Gasteiger partial charge on any atom is 0.322 e. The minimum absolute atomic E-state index is 0.214. The van der Waals surface area contributed by atoms with Crippen molar-refractivity contribution in [2.75, 3.05) is 33.2 Å². The van der Waals surface area contributed by atoms with Crippen LogP contribution in [-0.4, -0.2) is 43.4 Å². The van der Waals surface area contributed by atoms with Crippen LogP contribution in [0.1, 0.15) is 17.3 Å². The third-order valence-corrected chi connectivity index (χ3v) is 5.61. The minimum Gasteiger partial charge on any atom is -0.493 e. The molecule has 0 unspecified atom stereocenters. The summed E-state index contributed by atoms with van der Waals surface area (Å²) < 4.78 is 18.7. The molecule has 3 aromatic rings. The summed E-state index contributed by atoms with van der Waals surface area (Å²) in [6, 6.07) is 14.3. The number of nitrogens with zero attached hydrogens (tertiary/aromatic N) is 2. The Balaban J connectivity index is 1.76. The number of halogens is 1. The fraction of sp³-hybridized carbons (Fsp3) is 0.261. The molecule has 8 heteroatoms. The van der Waals surface area contributed by atoms with Crippen LogP contribution >= 0.6 is 11.6 Å². The van der Waals surface area contributed by atoms with Gasteiger partial charge in [-0.15, -0.1) is 0 Å². The van der Waals surface area contributed by atoms with Crippen molar-refractivity contribution in [3.05, 3.63) is 71.0 Å². The van der Waals surface area contributed by atoms with Crippen LogP contribution in [0.4, 0.5) is 10.5 Å². The van der Waals surface area contributed by atoms with Crippen LogP contribution < -0.4 is 19.5 Å². The van der Waals surface area contributed by atoms with Crippen LogP contribution in [0.2, 0.25) is 5.02 Å². The van der Waals surface area contributed by atoms with Gasteiger partial charge in [-0.05, 0) is 48.0 Å². The van der Waals surface area contributed by atoms with E-state index in [-0.39, 0.29) is 12.1 Å². The number of hydrogen-bond acceptors (Lipinski definition) is 4. The molecule has 2 aromatic carbocycles. The molecule has 1 aromatic heterocycles. The smallest absolute Gasteiger partial charge is 0.322 e.